The minimum atomic E-state index is -0.00352. The molecular formula is C20H28N4OS. The lowest BCUT2D eigenvalue weighted by atomic mass is 10.2. The van der Waals surface area contributed by atoms with Crippen LogP contribution >= 0.6 is 11.3 Å². The Labute approximate surface area is 158 Å². The van der Waals surface area contributed by atoms with E-state index in [4.69, 9.17) is 0 Å². The van der Waals surface area contributed by atoms with Crippen molar-refractivity contribution in [1.82, 2.24) is 14.5 Å². The SMILES string of the molecule is CCCn1c(=O)c(NCCCCCN(C)C)nc2sc3ccccc3c21. The van der Waals surface area contributed by atoms with Crippen LogP contribution in [0.15, 0.2) is 29.1 Å². The summed E-state index contributed by atoms with van der Waals surface area (Å²) in [6.45, 7) is 4.72. The minimum Gasteiger partial charge on any atom is -0.365 e. The molecule has 26 heavy (non-hydrogen) atoms. The fourth-order valence-electron chi connectivity index (χ4n) is 3.22. The first-order chi connectivity index (χ1) is 12.6. The Morgan fingerprint density at radius 1 is 1.19 bits per heavy atom. The van der Waals surface area contributed by atoms with Gasteiger partial charge in [-0.05, 0) is 46.0 Å². The van der Waals surface area contributed by atoms with E-state index in [1.807, 2.05) is 16.7 Å². The molecule has 6 heteroatoms. The summed E-state index contributed by atoms with van der Waals surface area (Å²) in [5.74, 6) is 0.491. The Balaban J connectivity index is 1.83. The molecule has 0 aliphatic heterocycles. The molecule has 0 saturated carbocycles. The number of nitrogens with zero attached hydrogens (tertiary/aromatic N) is 3. The summed E-state index contributed by atoms with van der Waals surface area (Å²) in [5, 5.41) is 4.41. The van der Waals surface area contributed by atoms with Gasteiger partial charge in [-0.2, -0.15) is 0 Å². The second-order valence-electron chi connectivity index (χ2n) is 6.96. The molecule has 0 aliphatic rings. The second-order valence-corrected chi connectivity index (χ2v) is 7.99. The number of unbranched alkanes of at least 4 members (excludes halogenated alkanes) is 2. The van der Waals surface area contributed by atoms with Gasteiger partial charge in [0.15, 0.2) is 5.82 Å². The minimum absolute atomic E-state index is 0.00352. The van der Waals surface area contributed by atoms with Crippen LogP contribution in [-0.4, -0.2) is 41.6 Å². The summed E-state index contributed by atoms with van der Waals surface area (Å²) in [6, 6.07) is 8.24. The molecule has 140 valence electrons. The molecule has 0 amide bonds. The van der Waals surface area contributed by atoms with Crippen molar-refractivity contribution in [2.75, 3.05) is 32.5 Å². The predicted octanol–water partition coefficient (Wildman–Crippen LogP) is 4.17. The van der Waals surface area contributed by atoms with Gasteiger partial charge < -0.3 is 14.8 Å². The number of hydrogen-bond acceptors (Lipinski definition) is 5. The summed E-state index contributed by atoms with van der Waals surface area (Å²) < 4.78 is 3.08. The van der Waals surface area contributed by atoms with Crippen molar-refractivity contribution in [1.29, 1.82) is 0 Å². The smallest absolute Gasteiger partial charge is 0.293 e. The van der Waals surface area contributed by atoms with Crippen molar-refractivity contribution in [3.63, 3.8) is 0 Å². The zero-order valence-corrected chi connectivity index (χ0v) is 16.7. The van der Waals surface area contributed by atoms with E-state index < -0.39 is 0 Å². The van der Waals surface area contributed by atoms with Crippen LogP contribution < -0.4 is 10.9 Å². The van der Waals surface area contributed by atoms with Crippen LogP contribution in [0.4, 0.5) is 5.82 Å². The van der Waals surface area contributed by atoms with E-state index >= 15 is 0 Å². The summed E-state index contributed by atoms with van der Waals surface area (Å²) in [7, 11) is 4.19. The van der Waals surface area contributed by atoms with E-state index in [-0.39, 0.29) is 5.56 Å². The fourth-order valence-corrected chi connectivity index (χ4v) is 4.31. The van der Waals surface area contributed by atoms with E-state index in [0.717, 1.165) is 54.6 Å². The Kier molecular flexibility index (Phi) is 6.27. The molecule has 0 spiro atoms. The van der Waals surface area contributed by atoms with Gasteiger partial charge in [0.05, 0.1) is 5.52 Å². The quantitative estimate of drug-likeness (QED) is 0.573. The van der Waals surface area contributed by atoms with E-state index in [2.05, 4.69) is 48.4 Å². The Morgan fingerprint density at radius 2 is 2.00 bits per heavy atom. The highest BCUT2D eigenvalue weighted by Gasteiger charge is 2.15. The molecule has 1 N–H and O–H groups in total. The van der Waals surface area contributed by atoms with Crippen LogP contribution in [-0.2, 0) is 6.54 Å². The first-order valence-electron chi connectivity index (χ1n) is 9.42. The molecule has 1 aromatic carbocycles. The Hall–Kier alpha value is -1.92. The summed E-state index contributed by atoms with van der Waals surface area (Å²) in [4.78, 5) is 20.8. The highest BCUT2D eigenvalue weighted by molar-refractivity contribution is 7.25. The maximum absolute atomic E-state index is 13.0. The van der Waals surface area contributed by atoms with Crippen molar-refractivity contribution in [2.45, 2.75) is 39.2 Å². The molecule has 0 unspecified atom stereocenters. The molecule has 0 aliphatic carbocycles. The second kappa shape index (κ2) is 8.64. The molecule has 0 saturated heterocycles. The van der Waals surface area contributed by atoms with E-state index in [1.54, 1.807) is 11.3 Å². The number of anilines is 1. The highest BCUT2D eigenvalue weighted by Crippen LogP contribution is 2.32. The topological polar surface area (TPSA) is 50.2 Å². The van der Waals surface area contributed by atoms with Crippen LogP contribution in [0.2, 0.25) is 0 Å². The van der Waals surface area contributed by atoms with Crippen LogP contribution in [0.3, 0.4) is 0 Å². The van der Waals surface area contributed by atoms with Crippen molar-refractivity contribution in [3.05, 3.63) is 34.6 Å². The fraction of sp³-hybridized carbons (Fsp3) is 0.500. The third kappa shape index (κ3) is 4.07. The first-order valence-corrected chi connectivity index (χ1v) is 10.2. The van der Waals surface area contributed by atoms with Crippen molar-refractivity contribution >= 4 is 37.6 Å². The average molecular weight is 373 g/mol. The summed E-state index contributed by atoms with van der Waals surface area (Å²) in [5.41, 5.74) is 0.977. The van der Waals surface area contributed by atoms with Gasteiger partial charge in [-0.3, -0.25) is 4.79 Å². The van der Waals surface area contributed by atoms with Gasteiger partial charge in [-0.25, -0.2) is 4.98 Å². The van der Waals surface area contributed by atoms with Gasteiger partial charge >= 0.3 is 0 Å². The van der Waals surface area contributed by atoms with Gasteiger partial charge in [-0.15, -0.1) is 11.3 Å². The first kappa shape index (κ1) is 18.9. The lowest BCUT2D eigenvalue weighted by molar-refractivity contribution is 0.392. The van der Waals surface area contributed by atoms with Crippen LogP contribution in [0.5, 0.6) is 0 Å². The molecular weight excluding hydrogens is 344 g/mol. The molecule has 0 bridgehead atoms. The zero-order chi connectivity index (χ0) is 18.5. The third-order valence-corrected chi connectivity index (χ3v) is 5.56. The van der Waals surface area contributed by atoms with E-state index in [0.29, 0.717) is 5.82 Å². The number of rotatable bonds is 9. The molecule has 0 atom stereocenters. The Bertz CT molecular complexity index is 929. The lowest BCUT2D eigenvalue weighted by Crippen LogP contribution is -2.25. The van der Waals surface area contributed by atoms with Crippen LogP contribution in [0.1, 0.15) is 32.6 Å². The standard InChI is InChI=1S/C20H28N4OS/c1-4-13-24-17-15-10-6-7-11-16(15)26-19(17)22-18(20(24)25)21-12-8-5-9-14-23(2)3/h6-7,10-11H,4-5,8-9,12-14H2,1-3H3,(H,21,22). The molecule has 3 rings (SSSR count). The molecule has 0 fully saturated rings. The summed E-state index contributed by atoms with van der Waals surface area (Å²) in [6.07, 6.45) is 4.30. The molecule has 3 aromatic rings. The summed E-state index contributed by atoms with van der Waals surface area (Å²) >= 11 is 1.66. The third-order valence-electron chi connectivity index (χ3n) is 4.50. The van der Waals surface area contributed by atoms with Gasteiger partial charge in [-0.1, -0.05) is 31.5 Å². The van der Waals surface area contributed by atoms with Gasteiger partial charge in [0.25, 0.3) is 5.56 Å². The highest BCUT2D eigenvalue weighted by atomic mass is 32.1. The number of nitrogens with one attached hydrogen (secondary N) is 1. The van der Waals surface area contributed by atoms with E-state index in [9.17, 15) is 4.79 Å². The maximum Gasteiger partial charge on any atom is 0.293 e. The van der Waals surface area contributed by atoms with Gasteiger partial charge in [0, 0.05) is 23.2 Å². The number of thiophene rings is 1. The lowest BCUT2D eigenvalue weighted by Gasteiger charge is -2.11. The van der Waals surface area contributed by atoms with Crippen LogP contribution in [0, 0.1) is 0 Å². The number of benzene rings is 1. The monoisotopic (exact) mass is 372 g/mol. The Morgan fingerprint density at radius 3 is 2.77 bits per heavy atom. The zero-order valence-electron chi connectivity index (χ0n) is 15.9. The van der Waals surface area contributed by atoms with Crippen molar-refractivity contribution < 1.29 is 0 Å². The number of aromatic nitrogens is 2. The largest absolute Gasteiger partial charge is 0.365 e. The van der Waals surface area contributed by atoms with Gasteiger partial charge in [0.1, 0.15) is 4.83 Å². The number of fused-ring (bicyclic) bond motifs is 3. The molecule has 2 aromatic heterocycles. The molecule has 0 radical (unpaired) electrons. The van der Waals surface area contributed by atoms with Crippen LogP contribution in [0.25, 0.3) is 20.4 Å². The molecule has 2 heterocycles. The van der Waals surface area contributed by atoms with Crippen molar-refractivity contribution in [2.24, 2.45) is 0 Å². The average Bonchev–Trinajstić information content (AvgIpc) is 2.99. The van der Waals surface area contributed by atoms with Gasteiger partial charge in [0.2, 0.25) is 0 Å². The number of aryl methyl sites for hydroxylation is 1. The normalized spacial score (nSPS) is 11.7. The number of hydrogen-bond donors (Lipinski definition) is 1. The molecule has 5 nitrogen and oxygen atoms in total. The maximum atomic E-state index is 13.0. The van der Waals surface area contributed by atoms with Crippen molar-refractivity contribution in [3.8, 4) is 0 Å². The van der Waals surface area contributed by atoms with E-state index in [1.165, 1.54) is 11.1 Å². The predicted molar refractivity (Wildman–Crippen MR) is 113 cm³/mol.